The zero-order valence-electron chi connectivity index (χ0n) is 16.7. The summed E-state index contributed by atoms with van der Waals surface area (Å²) in [5, 5.41) is 12.6. The summed E-state index contributed by atoms with van der Waals surface area (Å²) in [4.78, 5) is 27.6. The number of aryl methyl sites for hydroxylation is 1. The van der Waals surface area contributed by atoms with Crippen LogP contribution in [0.2, 0.25) is 0 Å². The molecule has 1 aliphatic rings. The number of amides is 2. The van der Waals surface area contributed by atoms with Gasteiger partial charge in [-0.15, -0.1) is 0 Å². The molecule has 0 radical (unpaired) electrons. The van der Waals surface area contributed by atoms with E-state index in [-0.39, 0.29) is 28.9 Å². The summed E-state index contributed by atoms with van der Waals surface area (Å²) in [6.45, 7) is 2.54. The number of nitrogens with zero attached hydrogens (tertiary/aromatic N) is 3. The molecule has 2 aromatic heterocycles. The maximum Gasteiger partial charge on any atom is 0.258 e. The molecule has 1 fully saturated rings. The highest BCUT2D eigenvalue weighted by Crippen LogP contribution is 2.28. The van der Waals surface area contributed by atoms with Gasteiger partial charge in [-0.25, -0.2) is 0 Å². The minimum Gasteiger partial charge on any atom is -0.443 e. The van der Waals surface area contributed by atoms with Crippen molar-refractivity contribution in [3.63, 3.8) is 0 Å². The minimum absolute atomic E-state index is 0.101. The zero-order chi connectivity index (χ0) is 21.1. The third kappa shape index (κ3) is 3.72. The van der Waals surface area contributed by atoms with E-state index in [0.717, 1.165) is 12.1 Å². The Morgan fingerprint density at radius 3 is 2.60 bits per heavy atom. The number of hydrogen-bond donors (Lipinski definition) is 1. The molecule has 3 heterocycles. The topological polar surface area (TPSA) is 91.3 Å². The smallest absolute Gasteiger partial charge is 0.258 e. The molecule has 1 N–H and O–H groups in total. The van der Waals surface area contributed by atoms with Crippen molar-refractivity contribution in [2.75, 3.05) is 18.4 Å². The highest BCUT2D eigenvalue weighted by Gasteiger charge is 2.33. The zero-order valence-corrected chi connectivity index (χ0v) is 16.7. The number of furan rings is 1. The number of hydrogen-bond acceptors (Lipinski definition) is 4. The van der Waals surface area contributed by atoms with Crippen LogP contribution in [0.1, 0.15) is 34.5 Å². The number of carbonyl (C=O) groups is 2. The molecule has 1 saturated heterocycles. The number of carbonyl (C=O) groups excluding carboxylic acids is 2. The Balaban J connectivity index is 1.54. The summed E-state index contributed by atoms with van der Waals surface area (Å²) in [7, 11) is 0. The number of nitrogens with one attached hydrogen (secondary N) is 1. The standard InChI is InChI=1S/C23H22N4O3/c1-16-20(19(14-24)23(30-16)26-11-5-6-12-26)22(29)27-13-7-8-17(15-27)21(28)25-18-9-3-2-4-10-18/h2-6,9-12,17H,7-8,13,15H2,1H3,(H,25,28)/t17-/m0/s1. The molecule has 2 amide bonds. The minimum atomic E-state index is -0.301. The quantitative estimate of drug-likeness (QED) is 0.720. The number of nitriles is 1. The van der Waals surface area contributed by atoms with Gasteiger partial charge >= 0.3 is 0 Å². The highest BCUT2D eigenvalue weighted by molar-refractivity contribution is 5.99. The van der Waals surface area contributed by atoms with Crippen molar-refractivity contribution in [2.45, 2.75) is 19.8 Å². The molecule has 0 spiro atoms. The molecule has 0 saturated carbocycles. The Morgan fingerprint density at radius 2 is 1.90 bits per heavy atom. The fraction of sp³-hybridized carbons (Fsp3) is 0.261. The van der Waals surface area contributed by atoms with Crippen molar-refractivity contribution in [1.29, 1.82) is 5.26 Å². The average molecular weight is 402 g/mol. The van der Waals surface area contributed by atoms with Crippen molar-refractivity contribution in [1.82, 2.24) is 9.47 Å². The first kappa shape index (κ1) is 19.5. The Bertz CT molecular complexity index is 1090. The Hall–Kier alpha value is -3.79. The van der Waals surface area contributed by atoms with E-state index in [1.165, 1.54) is 0 Å². The second-order valence-electron chi connectivity index (χ2n) is 7.36. The van der Waals surface area contributed by atoms with Crippen LogP contribution in [0.5, 0.6) is 0 Å². The molecule has 3 aromatic rings. The summed E-state index contributed by atoms with van der Waals surface area (Å²) in [5.74, 6) is 0.0546. The predicted molar refractivity (Wildman–Crippen MR) is 111 cm³/mol. The van der Waals surface area contributed by atoms with E-state index in [2.05, 4.69) is 11.4 Å². The number of aromatic nitrogens is 1. The lowest BCUT2D eigenvalue weighted by Crippen LogP contribution is -2.44. The van der Waals surface area contributed by atoms with Gasteiger partial charge in [0.2, 0.25) is 11.8 Å². The molecule has 0 bridgehead atoms. The van der Waals surface area contributed by atoms with Crippen molar-refractivity contribution in [3.8, 4) is 12.0 Å². The molecule has 1 aliphatic heterocycles. The third-order valence-corrected chi connectivity index (χ3v) is 5.35. The summed E-state index contributed by atoms with van der Waals surface area (Å²) in [6.07, 6.45) is 4.96. The van der Waals surface area contributed by atoms with E-state index in [4.69, 9.17) is 4.42 Å². The molecule has 1 atom stereocenters. The molecule has 0 unspecified atom stereocenters. The number of benzene rings is 1. The van der Waals surface area contributed by atoms with Gasteiger partial charge in [0.05, 0.1) is 5.92 Å². The number of piperidine rings is 1. The van der Waals surface area contributed by atoms with Crippen molar-refractivity contribution in [2.24, 2.45) is 5.92 Å². The molecular formula is C23H22N4O3. The molecule has 1 aromatic carbocycles. The van der Waals surface area contributed by atoms with Crippen molar-refractivity contribution in [3.05, 3.63) is 71.7 Å². The van der Waals surface area contributed by atoms with Crippen LogP contribution in [0.3, 0.4) is 0 Å². The molecule has 4 rings (SSSR count). The van der Waals surface area contributed by atoms with Crippen LogP contribution in [0, 0.1) is 24.2 Å². The van der Waals surface area contributed by atoms with Gasteiger partial charge in [0.1, 0.15) is 23.0 Å². The van der Waals surface area contributed by atoms with Crippen LogP contribution in [0.4, 0.5) is 5.69 Å². The van der Waals surface area contributed by atoms with Gasteiger partial charge in [0.15, 0.2) is 0 Å². The van der Waals surface area contributed by atoms with Crippen LogP contribution >= 0.6 is 0 Å². The van der Waals surface area contributed by atoms with E-state index in [1.807, 2.05) is 42.5 Å². The highest BCUT2D eigenvalue weighted by atomic mass is 16.4. The maximum atomic E-state index is 13.3. The van der Waals surface area contributed by atoms with E-state index in [9.17, 15) is 14.9 Å². The number of likely N-dealkylation sites (tertiary alicyclic amines) is 1. The normalized spacial score (nSPS) is 16.1. The van der Waals surface area contributed by atoms with Gasteiger partial charge in [0.25, 0.3) is 5.91 Å². The van der Waals surface area contributed by atoms with E-state index < -0.39 is 0 Å². The Kier molecular flexibility index (Phi) is 5.40. The second-order valence-corrected chi connectivity index (χ2v) is 7.36. The summed E-state index contributed by atoms with van der Waals surface area (Å²) in [6, 6.07) is 15.0. The van der Waals surface area contributed by atoms with Gasteiger partial charge in [-0.05, 0) is 44.0 Å². The van der Waals surface area contributed by atoms with E-state index in [1.54, 1.807) is 28.8 Å². The van der Waals surface area contributed by atoms with Gasteiger partial charge < -0.3 is 14.6 Å². The Morgan fingerprint density at radius 1 is 1.17 bits per heavy atom. The fourth-order valence-corrected chi connectivity index (χ4v) is 3.84. The van der Waals surface area contributed by atoms with Gasteiger partial charge in [-0.3, -0.25) is 14.2 Å². The van der Waals surface area contributed by atoms with Crippen LogP contribution < -0.4 is 5.32 Å². The number of anilines is 1. The lowest BCUT2D eigenvalue weighted by atomic mass is 9.96. The van der Waals surface area contributed by atoms with Crippen LogP contribution in [-0.2, 0) is 4.79 Å². The summed E-state index contributed by atoms with van der Waals surface area (Å²) in [5.41, 5.74) is 1.22. The van der Waals surface area contributed by atoms with Crippen LogP contribution in [-0.4, -0.2) is 34.4 Å². The predicted octanol–water partition coefficient (Wildman–Crippen LogP) is 3.74. The van der Waals surface area contributed by atoms with Gasteiger partial charge in [0, 0.05) is 31.2 Å². The fourth-order valence-electron chi connectivity index (χ4n) is 3.84. The van der Waals surface area contributed by atoms with E-state index in [0.29, 0.717) is 31.2 Å². The first-order chi connectivity index (χ1) is 14.6. The largest absolute Gasteiger partial charge is 0.443 e. The van der Waals surface area contributed by atoms with Crippen molar-refractivity contribution < 1.29 is 14.0 Å². The summed E-state index contributed by atoms with van der Waals surface area (Å²) >= 11 is 0. The van der Waals surface area contributed by atoms with E-state index >= 15 is 0 Å². The monoisotopic (exact) mass is 402 g/mol. The molecule has 152 valence electrons. The van der Waals surface area contributed by atoms with Crippen LogP contribution in [0.15, 0.2) is 59.3 Å². The first-order valence-electron chi connectivity index (χ1n) is 9.90. The SMILES string of the molecule is Cc1oc(-n2cccc2)c(C#N)c1C(=O)N1CCC[C@H](C(=O)Nc2ccccc2)C1. The van der Waals surface area contributed by atoms with Crippen molar-refractivity contribution >= 4 is 17.5 Å². The summed E-state index contributed by atoms with van der Waals surface area (Å²) < 4.78 is 7.44. The Labute approximate surface area is 174 Å². The molecular weight excluding hydrogens is 380 g/mol. The average Bonchev–Trinajstić information content (AvgIpc) is 3.41. The first-order valence-corrected chi connectivity index (χ1v) is 9.90. The number of rotatable bonds is 4. The lowest BCUT2D eigenvalue weighted by Gasteiger charge is -2.32. The molecule has 7 heteroatoms. The maximum absolute atomic E-state index is 13.3. The van der Waals surface area contributed by atoms with Crippen LogP contribution in [0.25, 0.3) is 5.88 Å². The lowest BCUT2D eigenvalue weighted by molar-refractivity contribution is -0.121. The van der Waals surface area contributed by atoms with Gasteiger partial charge in [-0.2, -0.15) is 5.26 Å². The second kappa shape index (κ2) is 8.29. The van der Waals surface area contributed by atoms with Gasteiger partial charge in [-0.1, -0.05) is 18.2 Å². The molecule has 0 aliphatic carbocycles. The third-order valence-electron chi connectivity index (χ3n) is 5.35. The molecule has 7 nitrogen and oxygen atoms in total. The molecule has 30 heavy (non-hydrogen) atoms. The number of para-hydroxylation sites is 1.